The van der Waals surface area contributed by atoms with Crippen LogP contribution in [0.4, 0.5) is 5.69 Å². The molecule has 1 saturated heterocycles. The smallest absolute Gasteiger partial charge is 0.253 e. The fourth-order valence-electron chi connectivity index (χ4n) is 1.54. The monoisotopic (exact) mass is 275 g/mol. The highest BCUT2D eigenvalue weighted by Gasteiger charge is 2.23. The molecule has 2 rings (SSSR count). The second-order valence-electron chi connectivity index (χ2n) is 3.62. The van der Waals surface area contributed by atoms with E-state index in [9.17, 15) is 13.2 Å². The van der Waals surface area contributed by atoms with Gasteiger partial charge in [-0.25, -0.2) is 8.42 Å². The molecule has 7 heteroatoms. The third-order valence-corrected chi connectivity index (χ3v) is 3.28. The van der Waals surface area contributed by atoms with E-state index in [4.69, 9.17) is 15.5 Å². The Labute approximate surface area is 103 Å². The van der Waals surface area contributed by atoms with Gasteiger partial charge in [0.2, 0.25) is 9.05 Å². The van der Waals surface area contributed by atoms with Gasteiger partial charge < -0.3 is 0 Å². The van der Waals surface area contributed by atoms with Crippen LogP contribution in [0.3, 0.4) is 0 Å². The Morgan fingerprint density at radius 1 is 1.29 bits per heavy atom. The van der Waals surface area contributed by atoms with Crippen LogP contribution in [0, 0.1) is 0 Å². The van der Waals surface area contributed by atoms with Gasteiger partial charge in [-0.15, -0.1) is 0 Å². The molecule has 92 valence electrons. The highest BCUT2D eigenvalue weighted by Crippen LogP contribution is 2.21. The summed E-state index contributed by atoms with van der Waals surface area (Å²) in [5.74, 6) is -0.341. The molecule has 0 aromatic heterocycles. The summed E-state index contributed by atoms with van der Waals surface area (Å²) in [6, 6.07) is 6.45. The Balaban J connectivity index is 2.15. The Morgan fingerprint density at radius 2 is 1.94 bits per heavy atom. The van der Waals surface area contributed by atoms with Crippen molar-refractivity contribution in [3.05, 3.63) is 29.8 Å². The normalized spacial score (nSPS) is 16.5. The summed E-state index contributed by atoms with van der Waals surface area (Å²) in [5, 5.41) is 1.21. The summed E-state index contributed by atoms with van der Waals surface area (Å²) in [6.07, 6.45) is 0.359. The Kier molecular flexibility index (Phi) is 3.37. The number of benzene rings is 1. The molecule has 0 spiro atoms. The molecule has 0 bridgehead atoms. The standard InChI is InChI=1S/C10H10ClNO4S/c11-17(14,15)7-8-1-3-9(4-2-8)12-10(13)5-6-16-12/h1-4H,5-7H2. The molecule has 0 unspecified atom stereocenters. The average molecular weight is 276 g/mol. The molecule has 5 nitrogen and oxygen atoms in total. The van der Waals surface area contributed by atoms with E-state index in [0.717, 1.165) is 0 Å². The molecule has 1 heterocycles. The minimum absolute atomic E-state index is 0.109. The van der Waals surface area contributed by atoms with Gasteiger partial charge in [-0.05, 0) is 17.7 Å². The summed E-state index contributed by atoms with van der Waals surface area (Å²) in [5.41, 5.74) is 1.15. The van der Waals surface area contributed by atoms with E-state index >= 15 is 0 Å². The number of anilines is 1. The fraction of sp³-hybridized carbons (Fsp3) is 0.300. The predicted octanol–water partition coefficient (Wildman–Crippen LogP) is 1.42. The largest absolute Gasteiger partial charge is 0.272 e. The summed E-state index contributed by atoms with van der Waals surface area (Å²) >= 11 is 0. The topological polar surface area (TPSA) is 63.7 Å². The molecular formula is C10H10ClNO4S. The van der Waals surface area contributed by atoms with Gasteiger partial charge in [-0.1, -0.05) is 12.1 Å². The fourth-order valence-corrected chi connectivity index (χ4v) is 2.51. The number of nitrogens with zero attached hydrogens (tertiary/aromatic N) is 1. The van der Waals surface area contributed by atoms with Crippen molar-refractivity contribution in [1.29, 1.82) is 0 Å². The van der Waals surface area contributed by atoms with E-state index in [2.05, 4.69) is 0 Å². The zero-order valence-corrected chi connectivity index (χ0v) is 10.4. The van der Waals surface area contributed by atoms with Crippen molar-refractivity contribution in [2.45, 2.75) is 12.2 Å². The number of rotatable bonds is 3. The number of hydrogen-bond acceptors (Lipinski definition) is 4. The molecule has 0 saturated carbocycles. The van der Waals surface area contributed by atoms with Gasteiger partial charge in [0, 0.05) is 10.7 Å². The zero-order valence-electron chi connectivity index (χ0n) is 8.80. The molecule has 17 heavy (non-hydrogen) atoms. The number of carbonyl (C=O) groups excluding carboxylic acids is 1. The van der Waals surface area contributed by atoms with E-state index in [1.54, 1.807) is 24.3 Å². The van der Waals surface area contributed by atoms with Gasteiger partial charge in [0.05, 0.1) is 24.5 Å². The molecule has 1 aromatic rings. The minimum Gasteiger partial charge on any atom is -0.272 e. The lowest BCUT2D eigenvalue weighted by atomic mass is 10.2. The molecule has 1 amide bonds. The highest BCUT2D eigenvalue weighted by molar-refractivity contribution is 8.13. The van der Waals surface area contributed by atoms with Crippen molar-refractivity contribution in [1.82, 2.24) is 0 Å². The Bertz CT molecular complexity index is 526. The lowest BCUT2D eigenvalue weighted by molar-refractivity contribution is -0.119. The van der Waals surface area contributed by atoms with Crippen LogP contribution < -0.4 is 5.06 Å². The number of hydrogen-bond donors (Lipinski definition) is 0. The van der Waals surface area contributed by atoms with Gasteiger partial charge in [0.25, 0.3) is 5.91 Å². The summed E-state index contributed by atoms with van der Waals surface area (Å²) in [4.78, 5) is 16.5. The molecule has 1 aliphatic rings. The second kappa shape index (κ2) is 4.64. The number of carbonyl (C=O) groups is 1. The second-order valence-corrected chi connectivity index (χ2v) is 6.40. The van der Waals surface area contributed by atoms with Crippen molar-refractivity contribution in [2.75, 3.05) is 11.7 Å². The maximum atomic E-state index is 11.4. The van der Waals surface area contributed by atoms with Gasteiger partial charge in [-0.3, -0.25) is 9.63 Å². The zero-order chi connectivity index (χ0) is 12.5. The highest BCUT2D eigenvalue weighted by atomic mass is 35.7. The van der Waals surface area contributed by atoms with Crippen LogP contribution in [-0.4, -0.2) is 20.9 Å². The molecule has 1 aromatic carbocycles. The van der Waals surface area contributed by atoms with Crippen molar-refractivity contribution in [3.8, 4) is 0 Å². The van der Waals surface area contributed by atoms with E-state index < -0.39 is 9.05 Å². The third-order valence-electron chi connectivity index (χ3n) is 2.27. The maximum Gasteiger partial charge on any atom is 0.253 e. The number of halogens is 1. The SMILES string of the molecule is O=C1CCON1c1ccc(CS(=O)(=O)Cl)cc1. The van der Waals surface area contributed by atoms with E-state index in [1.165, 1.54) is 5.06 Å². The van der Waals surface area contributed by atoms with Gasteiger partial charge in [-0.2, -0.15) is 5.06 Å². The molecule has 0 atom stereocenters. The molecule has 0 aliphatic carbocycles. The summed E-state index contributed by atoms with van der Waals surface area (Å²) in [7, 11) is 1.58. The van der Waals surface area contributed by atoms with Crippen molar-refractivity contribution in [3.63, 3.8) is 0 Å². The first-order chi connectivity index (χ1) is 7.96. The summed E-state index contributed by atoms with van der Waals surface area (Å²) < 4.78 is 21.7. The lowest BCUT2D eigenvalue weighted by Crippen LogP contribution is -2.22. The molecule has 1 aliphatic heterocycles. The molecular weight excluding hydrogens is 266 g/mol. The quantitative estimate of drug-likeness (QED) is 0.783. The van der Waals surface area contributed by atoms with Crippen LogP contribution in [0.25, 0.3) is 0 Å². The number of amides is 1. The van der Waals surface area contributed by atoms with Crippen LogP contribution >= 0.6 is 10.7 Å². The molecule has 0 N–H and O–H groups in total. The van der Waals surface area contributed by atoms with E-state index in [-0.39, 0.29) is 11.7 Å². The van der Waals surface area contributed by atoms with Crippen molar-refractivity contribution in [2.24, 2.45) is 0 Å². The van der Waals surface area contributed by atoms with Crippen LogP contribution in [0.2, 0.25) is 0 Å². The first-order valence-electron chi connectivity index (χ1n) is 4.93. The number of hydroxylamine groups is 1. The molecule has 0 radical (unpaired) electrons. The van der Waals surface area contributed by atoms with E-state index in [0.29, 0.717) is 24.3 Å². The predicted molar refractivity (Wildman–Crippen MR) is 63.0 cm³/mol. The van der Waals surface area contributed by atoms with Crippen LogP contribution in [0.1, 0.15) is 12.0 Å². The average Bonchev–Trinajstić information content (AvgIpc) is 2.63. The van der Waals surface area contributed by atoms with Gasteiger partial charge >= 0.3 is 0 Å². The van der Waals surface area contributed by atoms with Gasteiger partial charge in [0.1, 0.15) is 0 Å². The molecule has 1 fully saturated rings. The van der Waals surface area contributed by atoms with Crippen molar-refractivity contribution >= 4 is 31.3 Å². The van der Waals surface area contributed by atoms with Gasteiger partial charge in [0.15, 0.2) is 0 Å². The third kappa shape index (κ3) is 3.18. The minimum atomic E-state index is -3.56. The Morgan fingerprint density at radius 3 is 2.41 bits per heavy atom. The summed E-state index contributed by atoms with van der Waals surface area (Å²) in [6.45, 7) is 0.372. The van der Waals surface area contributed by atoms with Crippen LogP contribution in [-0.2, 0) is 24.4 Å². The van der Waals surface area contributed by atoms with Crippen LogP contribution in [0.5, 0.6) is 0 Å². The van der Waals surface area contributed by atoms with Crippen LogP contribution in [0.15, 0.2) is 24.3 Å². The van der Waals surface area contributed by atoms with E-state index in [1.807, 2.05) is 0 Å². The first-order valence-corrected chi connectivity index (χ1v) is 7.41. The van der Waals surface area contributed by atoms with Crippen molar-refractivity contribution < 1.29 is 18.0 Å². The lowest BCUT2D eigenvalue weighted by Gasteiger charge is -2.13. The first kappa shape index (κ1) is 12.3. The Hall–Kier alpha value is -1.11. The maximum absolute atomic E-state index is 11.4.